The summed E-state index contributed by atoms with van der Waals surface area (Å²) in [6.45, 7) is 3.66. The lowest BCUT2D eigenvalue weighted by Crippen LogP contribution is -2.10. The molecule has 4 heteroatoms. The van der Waals surface area contributed by atoms with Crippen LogP contribution in [-0.4, -0.2) is 19.2 Å². The van der Waals surface area contributed by atoms with Gasteiger partial charge in [-0.05, 0) is 11.6 Å². The van der Waals surface area contributed by atoms with Crippen molar-refractivity contribution in [3.63, 3.8) is 0 Å². The largest absolute Gasteiger partial charge is 0.498 e. The van der Waals surface area contributed by atoms with Crippen LogP contribution >= 0.6 is 0 Å². The van der Waals surface area contributed by atoms with E-state index in [1.54, 1.807) is 12.1 Å². The molecule has 0 saturated heterocycles. The van der Waals surface area contributed by atoms with Gasteiger partial charge in [0.2, 0.25) is 0 Å². The van der Waals surface area contributed by atoms with Crippen molar-refractivity contribution >= 4 is 12.0 Å². The first-order valence-electron chi connectivity index (χ1n) is 5.34. The number of nitriles is 1. The van der Waals surface area contributed by atoms with Gasteiger partial charge in [-0.3, -0.25) is 0 Å². The molecule has 0 unspecified atom stereocenters. The van der Waals surface area contributed by atoms with E-state index in [1.807, 2.05) is 24.3 Å². The van der Waals surface area contributed by atoms with E-state index in [0.717, 1.165) is 5.56 Å². The van der Waals surface area contributed by atoms with E-state index in [1.165, 1.54) is 12.3 Å². The van der Waals surface area contributed by atoms with Crippen LogP contribution in [0.3, 0.4) is 0 Å². The highest BCUT2D eigenvalue weighted by Gasteiger charge is 2.10. The lowest BCUT2D eigenvalue weighted by atomic mass is 10.1. The summed E-state index contributed by atoms with van der Waals surface area (Å²) in [5.41, 5.74) is 0.730. The predicted octanol–water partition coefficient (Wildman–Crippen LogP) is 2.30. The molecular weight excluding hydrogens is 230 g/mol. The Kier molecular flexibility index (Phi) is 5.78. The molecule has 18 heavy (non-hydrogen) atoms. The Hall–Kier alpha value is -2.54. The van der Waals surface area contributed by atoms with Crippen molar-refractivity contribution in [2.45, 2.75) is 0 Å². The van der Waals surface area contributed by atoms with Gasteiger partial charge < -0.3 is 9.47 Å². The van der Waals surface area contributed by atoms with Crippen LogP contribution in [0.4, 0.5) is 0 Å². The van der Waals surface area contributed by atoms with Crippen molar-refractivity contribution < 1.29 is 14.3 Å². The molecule has 0 aliphatic rings. The normalized spacial score (nSPS) is 10.3. The summed E-state index contributed by atoms with van der Waals surface area (Å²) in [5.74, 6) is -0.658. The summed E-state index contributed by atoms with van der Waals surface area (Å²) in [7, 11) is 0. The number of carbonyl (C=O) groups is 1. The van der Waals surface area contributed by atoms with Crippen LogP contribution in [0.2, 0.25) is 0 Å². The van der Waals surface area contributed by atoms with Crippen LogP contribution in [0.1, 0.15) is 5.56 Å². The number of rotatable bonds is 6. The fourth-order valence-corrected chi connectivity index (χ4v) is 1.20. The molecule has 1 rings (SSSR count). The number of hydrogen-bond acceptors (Lipinski definition) is 4. The van der Waals surface area contributed by atoms with Gasteiger partial charge in [-0.1, -0.05) is 36.9 Å². The molecular formula is C14H13NO3. The molecule has 0 aliphatic heterocycles. The lowest BCUT2D eigenvalue weighted by Gasteiger charge is -2.03. The number of ether oxygens (including phenoxy) is 2. The van der Waals surface area contributed by atoms with Crippen molar-refractivity contribution in [3.8, 4) is 6.07 Å². The van der Waals surface area contributed by atoms with Crippen LogP contribution in [-0.2, 0) is 14.3 Å². The number of esters is 1. The highest BCUT2D eigenvalue weighted by Crippen LogP contribution is 2.07. The van der Waals surface area contributed by atoms with Gasteiger partial charge in [0.25, 0.3) is 0 Å². The Bertz CT molecular complexity index is 472. The van der Waals surface area contributed by atoms with E-state index in [2.05, 4.69) is 6.58 Å². The zero-order valence-electron chi connectivity index (χ0n) is 9.83. The first kappa shape index (κ1) is 13.5. The number of carbonyl (C=O) groups excluding carboxylic acids is 1. The summed E-state index contributed by atoms with van der Waals surface area (Å²) in [6, 6.07) is 10.9. The van der Waals surface area contributed by atoms with Crippen LogP contribution in [0, 0.1) is 11.3 Å². The fraction of sp³-hybridized carbons (Fsp3) is 0.143. The van der Waals surface area contributed by atoms with E-state index in [9.17, 15) is 4.79 Å². The summed E-state index contributed by atoms with van der Waals surface area (Å²) in [5, 5.41) is 8.89. The smallest absolute Gasteiger partial charge is 0.349 e. The highest BCUT2D eigenvalue weighted by molar-refractivity contribution is 5.97. The maximum atomic E-state index is 11.5. The minimum atomic E-state index is -0.658. The molecule has 0 bridgehead atoms. The second kappa shape index (κ2) is 7.69. The van der Waals surface area contributed by atoms with Gasteiger partial charge in [0.05, 0.1) is 6.26 Å². The molecule has 0 saturated carbocycles. The fourth-order valence-electron chi connectivity index (χ4n) is 1.20. The van der Waals surface area contributed by atoms with Gasteiger partial charge in [-0.15, -0.1) is 0 Å². The average molecular weight is 243 g/mol. The molecule has 0 amide bonds. The third-order valence-electron chi connectivity index (χ3n) is 2.00. The standard InChI is InChI=1S/C14H13NO3/c1-2-17-8-9-18-14(16)13(11-15)10-12-6-4-3-5-7-12/h2-7,10H,1,8-9H2/b13-10+. The third-order valence-corrected chi connectivity index (χ3v) is 2.00. The van der Waals surface area contributed by atoms with Crippen molar-refractivity contribution in [2.75, 3.05) is 13.2 Å². The van der Waals surface area contributed by atoms with Crippen LogP contribution in [0.25, 0.3) is 6.08 Å². The lowest BCUT2D eigenvalue weighted by molar-refractivity contribution is -0.139. The second-order valence-electron chi connectivity index (χ2n) is 3.25. The summed E-state index contributed by atoms with van der Waals surface area (Å²) in [4.78, 5) is 11.5. The zero-order chi connectivity index (χ0) is 13.2. The molecule has 0 heterocycles. The van der Waals surface area contributed by atoms with E-state index in [0.29, 0.717) is 0 Å². The van der Waals surface area contributed by atoms with Crippen LogP contribution in [0.5, 0.6) is 0 Å². The molecule has 0 aromatic heterocycles. The van der Waals surface area contributed by atoms with Gasteiger partial charge in [0.15, 0.2) is 0 Å². The Labute approximate surface area is 106 Å². The van der Waals surface area contributed by atoms with E-state index >= 15 is 0 Å². The van der Waals surface area contributed by atoms with Gasteiger partial charge in [0.1, 0.15) is 24.9 Å². The van der Waals surface area contributed by atoms with Crippen molar-refractivity contribution in [2.24, 2.45) is 0 Å². The molecule has 0 fully saturated rings. The second-order valence-corrected chi connectivity index (χ2v) is 3.25. The summed E-state index contributed by atoms with van der Waals surface area (Å²) in [6.07, 6.45) is 2.75. The quantitative estimate of drug-likeness (QED) is 0.253. The Balaban J connectivity index is 2.61. The van der Waals surface area contributed by atoms with Crippen molar-refractivity contribution in [1.29, 1.82) is 5.26 Å². The topological polar surface area (TPSA) is 59.3 Å². The summed E-state index contributed by atoms with van der Waals surface area (Å²) < 4.78 is 9.67. The molecule has 0 radical (unpaired) electrons. The molecule has 1 aromatic carbocycles. The monoisotopic (exact) mass is 243 g/mol. The van der Waals surface area contributed by atoms with Gasteiger partial charge in [0, 0.05) is 0 Å². The SMILES string of the molecule is C=COCCOC(=O)/C(C#N)=C/c1ccccc1. The van der Waals surface area contributed by atoms with Crippen LogP contribution < -0.4 is 0 Å². The maximum absolute atomic E-state index is 11.5. The van der Waals surface area contributed by atoms with Gasteiger partial charge in [-0.2, -0.15) is 5.26 Å². The third kappa shape index (κ3) is 4.54. The maximum Gasteiger partial charge on any atom is 0.349 e. The predicted molar refractivity (Wildman–Crippen MR) is 67.1 cm³/mol. The minimum Gasteiger partial charge on any atom is -0.498 e. The Morgan fingerprint density at radius 2 is 2.06 bits per heavy atom. The van der Waals surface area contributed by atoms with Crippen molar-refractivity contribution in [1.82, 2.24) is 0 Å². The number of hydrogen-bond donors (Lipinski definition) is 0. The highest BCUT2D eigenvalue weighted by atomic mass is 16.6. The van der Waals surface area contributed by atoms with Crippen molar-refractivity contribution in [3.05, 3.63) is 54.3 Å². The van der Waals surface area contributed by atoms with Gasteiger partial charge in [-0.25, -0.2) is 4.79 Å². The Morgan fingerprint density at radius 1 is 1.33 bits per heavy atom. The Morgan fingerprint density at radius 3 is 2.67 bits per heavy atom. The average Bonchev–Trinajstić information content (AvgIpc) is 2.42. The van der Waals surface area contributed by atoms with E-state index < -0.39 is 5.97 Å². The molecule has 0 spiro atoms. The molecule has 92 valence electrons. The van der Waals surface area contributed by atoms with Gasteiger partial charge >= 0.3 is 5.97 Å². The zero-order valence-corrected chi connectivity index (χ0v) is 9.83. The summed E-state index contributed by atoms with van der Waals surface area (Å²) >= 11 is 0. The number of nitrogens with zero attached hydrogens (tertiary/aromatic N) is 1. The molecule has 0 N–H and O–H groups in total. The van der Waals surface area contributed by atoms with Crippen LogP contribution in [0.15, 0.2) is 48.7 Å². The first-order chi connectivity index (χ1) is 8.77. The minimum absolute atomic E-state index is 0.0418. The molecule has 0 aliphatic carbocycles. The molecule has 1 aromatic rings. The molecule has 0 atom stereocenters. The first-order valence-corrected chi connectivity index (χ1v) is 5.34. The van der Waals surface area contributed by atoms with E-state index in [-0.39, 0.29) is 18.8 Å². The molecule has 4 nitrogen and oxygen atoms in total. The van der Waals surface area contributed by atoms with E-state index in [4.69, 9.17) is 14.7 Å². The number of benzene rings is 1.